The van der Waals surface area contributed by atoms with E-state index in [1.807, 2.05) is 19.1 Å². The SMILES string of the molecule is Cc1ccc(CN(C)C(=O)CN(C)CCO)o1. The molecule has 5 heteroatoms. The molecule has 0 saturated carbocycles. The lowest BCUT2D eigenvalue weighted by Gasteiger charge is -2.20. The molecule has 17 heavy (non-hydrogen) atoms. The molecule has 0 saturated heterocycles. The summed E-state index contributed by atoms with van der Waals surface area (Å²) < 4.78 is 5.41. The van der Waals surface area contributed by atoms with Crippen molar-refractivity contribution in [3.05, 3.63) is 23.7 Å². The van der Waals surface area contributed by atoms with Gasteiger partial charge in [0.1, 0.15) is 11.5 Å². The van der Waals surface area contributed by atoms with Crippen LogP contribution in [-0.2, 0) is 11.3 Å². The zero-order valence-electron chi connectivity index (χ0n) is 10.6. The minimum absolute atomic E-state index is 0.00926. The van der Waals surface area contributed by atoms with Crippen LogP contribution in [0.15, 0.2) is 16.5 Å². The Morgan fingerprint density at radius 3 is 2.65 bits per heavy atom. The van der Waals surface area contributed by atoms with Crippen LogP contribution in [0.25, 0.3) is 0 Å². The second-order valence-electron chi connectivity index (χ2n) is 4.22. The van der Waals surface area contributed by atoms with Crippen LogP contribution in [0.4, 0.5) is 0 Å². The van der Waals surface area contributed by atoms with Crippen molar-refractivity contribution in [2.75, 3.05) is 33.8 Å². The Labute approximate surface area is 102 Å². The van der Waals surface area contributed by atoms with Crippen molar-refractivity contribution in [3.8, 4) is 0 Å². The predicted molar refractivity (Wildman–Crippen MR) is 64.5 cm³/mol. The highest BCUT2D eigenvalue weighted by atomic mass is 16.3. The Bertz CT molecular complexity index is 362. The number of hydrogen-bond acceptors (Lipinski definition) is 4. The summed E-state index contributed by atoms with van der Waals surface area (Å²) in [6.45, 7) is 3.21. The van der Waals surface area contributed by atoms with E-state index < -0.39 is 0 Å². The first-order valence-electron chi connectivity index (χ1n) is 5.61. The monoisotopic (exact) mass is 240 g/mol. The number of carbonyl (C=O) groups excluding carboxylic acids is 1. The Morgan fingerprint density at radius 1 is 1.41 bits per heavy atom. The number of likely N-dealkylation sites (N-methyl/N-ethyl adjacent to an activating group) is 2. The lowest BCUT2D eigenvalue weighted by molar-refractivity contribution is -0.131. The molecule has 5 nitrogen and oxygen atoms in total. The van der Waals surface area contributed by atoms with E-state index in [1.54, 1.807) is 23.9 Å². The molecule has 1 N–H and O–H groups in total. The van der Waals surface area contributed by atoms with Crippen molar-refractivity contribution < 1.29 is 14.3 Å². The third kappa shape index (κ3) is 4.58. The summed E-state index contributed by atoms with van der Waals surface area (Å²) in [5.41, 5.74) is 0. The topological polar surface area (TPSA) is 56.9 Å². The molecule has 1 aromatic heterocycles. The van der Waals surface area contributed by atoms with E-state index in [1.165, 1.54) is 0 Å². The van der Waals surface area contributed by atoms with Gasteiger partial charge in [0, 0.05) is 13.6 Å². The molecule has 0 aliphatic carbocycles. The van der Waals surface area contributed by atoms with Crippen molar-refractivity contribution in [2.24, 2.45) is 0 Å². The average Bonchev–Trinajstić information content (AvgIpc) is 2.64. The van der Waals surface area contributed by atoms with Crippen LogP contribution in [0.5, 0.6) is 0 Å². The van der Waals surface area contributed by atoms with Gasteiger partial charge in [-0.3, -0.25) is 9.69 Å². The van der Waals surface area contributed by atoms with Crippen molar-refractivity contribution in [2.45, 2.75) is 13.5 Å². The summed E-state index contributed by atoms with van der Waals surface area (Å²) >= 11 is 0. The van der Waals surface area contributed by atoms with Gasteiger partial charge in [0.15, 0.2) is 0 Å². The van der Waals surface area contributed by atoms with E-state index in [4.69, 9.17) is 9.52 Å². The van der Waals surface area contributed by atoms with E-state index in [9.17, 15) is 4.79 Å². The number of aliphatic hydroxyl groups is 1. The lowest BCUT2D eigenvalue weighted by atomic mass is 10.4. The number of rotatable bonds is 6. The molecule has 0 unspecified atom stereocenters. The third-order valence-electron chi connectivity index (χ3n) is 2.50. The van der Waals surface area contributed by atoms with Gasteiger partial charge in [-0.25, -0.2) is 0 Å². The van der Waals surface area contributed by atoms with Gasteiger partial charge < -0.3 is 14.4 Å². The number of hydrogen-bond donors (Lipinski definition) is 1. The first kappa shape index (κ1) is 13.7. The fourth-order valence-corrected chi connectivity index (χ4v) is 1.49. The number of amides is 1. The predicted octanol–water partition coefficient (Wildman–Crippen LogP) is 0.471. The van der Waals surface area contributed by atoms with E-state index in [2.05, 4.69) is 0 Å². The fraction of sp³-hybridized carbons (Fsp3) is 0.583. The highest BCUT2D eigenvalue weighted by Gasteiger charge is 2.13. The molecule has 0 fully saturated rings. The van der Waals surface area contributed by atoms with Gasteiger partial charge in [-0.1, -0.05) is 0 Å². The number of aryl methyl sites for hydroxylation is 1. The first-order valence-corrected chi connectivity index (χ1v) is 5.61. The molecule has 0 aliphatic heterocycles. The molecular formula is C12H20N2O3. The minimum atomic E-state index is 0.00926. The normalized spacial score (nSPS) is 10.9. The lowest BCUT2D eigenvalue weighted by Crippen LogP contribution is -2.37. The first-order chi connectivity index (χ1) is 8.02. The molecule has 0 spiro atoms. The Hall–Kier alpha value is -1.33. The van der Waals surface area contributed by atoms with Gasteiger partial charge in [0.25, 0.3) is 0 Å². The molecule has 1 heterocycles. The van der Waals surface area contributed by atoms with Crippen LogP contribution in [0.1, 0.15) is 11.5 Å². The zero-order chi connectivity index (χ0) is 12.8. The molecule has 96 valence electrons. The van der Waals surface area contributed by atoms with Crippen molar-refractivity contribution in [1.29, 1.82) is 0 Å². The van der Waals surface area contributed by atoms with Crippen molar-refractivity contribution in [3.63, 3.8) is 0 Å². The molecule has 0 radical (unpaired) electrons. The van der Waals surface area contributed by atoms with Gasteiger partial charge in [-0.05, 0) is 26.1 Å². The van der Waals surface area contributed by atoms with Crippen LogP contribution in [0.3, 0.4) is 0 Å². The van der Waals surface area contributed by atoms with Gasteiger partial charge in [0.2, 0.25) is 5.91 Å². The molecule has 0 atom stereocenters. The highest BCUT2D eigenvalue weighted by molar-refractivity contribution is 5.77. The summed E-state index contributed by atoms with van der Waals surface area (Å²) in [5.74, 6) is 1.64. The Morgan fingerprint density at radius 2 is 2.12 bits per heavy atom. The van der Waals surface area contributed by atoms with Crippen LogP contribution in [0.2, 0.25) is 0 Å². The fourth-order valence-electron chi connectivity index (χ4n) is 1.49. The van der Waals surface area contributed by atoms with E-state index >= 15 is 0 Å². The van der Waals surface area contributed by atoms with Crippen molar-refractivity contribution in [1.82, 2.24) is 9.80 Å². The van der Waals surface area contributed by atoms with E-state index in [0.717, 1.165) is 11.5 Å². The largest absolute Gasteiger partial charge is 0.464 e. The van der Waals surface area contributed by atoms with Gasteiger partial charge >= 0.3 is 0 Å². The van der Waals surface area contributed by atoms with Gasteiger partial charge in [-0.15, -0.1) is 0 Å². The Balaban J connectivity index is 2.41. The second kappa shape index (κ2) is 6.42. The quantitative estimate of drug-likeness (QED) is 0.785. The summed E-state index contributed by atoms with van der Waals surface area (Å²) in [6.07, 6.45) is 0. The smallest absolute Gasteiger partial charge is 0.236 e. The molecule has 1 aromatic rings. The van der Waals surface area contributed by atoms with Gasteiger partial charge in [0.05, 0.1) is 19.7 Å². The molecular weight excluding hydrogens is 220 g/mol. The Kier molecular flexibility index (Phi) is 5.18. The highest BCUT2D eigenvalue weighted by Crippen LogP contribution is 2.08. The number of furan rings is 1. The summed E-state index contributed by atoms with van der Waals surface area (Å²) in [4.78, 5) is 15.2. The molecule has 0 aromatic carbocycles. The number of aliphatic hydroxyl groups excluding tert-OH is 1. The molecule has 1 rings (SSSR count). The number of nitrogens with zero attached hydrogens (tertiary/aromatic N) is 2. The van der Waals surface area contributed by atoms with Crippen LogP contribution < -0.4 is 0 Å². The zero-order valence-corrected chi connectivity index (χ0v) is 10.6. The minimum Gasteiger partial charge on any atom is -0.464 e. The summed E-state index contributed by atoms with van der Waals surface area (Å²) in [6, 6.07) is 3.75. The number of carbonyl (C=O) groups is 1. The maximum Gasteiger partial charge on any atom is 0.236 e. The maximum absolute atomic E-state index is 11.8. The molecule has 0 bridgehead atoms. The average molecular weight is 240 g/mol. The standard InChI is InChI=1S/C12H20N2O3/c1-10-4-5-11(17-10)8-14(3)12(16)9-13(2)6-7-15/h4-5,15H,6-9H2,1-3H3. The van der Waals surface area contributed by atoms with Crippen LogP contribution in [-0.4, -0.2) is 54.6 Å². The van der Waals surface area contributed by atoms with E-state index in [-0.39, 0.29) is 12.5 Å². The van der Waals surface area contributed by atoms with Crippen LogP contribution >= 0.6 is 0 Å². The second-order valence-corrected chi connectivity index (χ2v) is 4.22. The van der Waals surface area contributed by atoms with Crippen LogP contribution in [0, 0.1) is 6.92 Å². The molecule has 0 aliphatic rings. The van der Waals surface area contributed by atoms with Crippen molar-refractivity contribution >= 4 is 5.91 Å². The maximum atomic E-state index is 11.8. The van der Waals surface area contributed by atoms with Gasteiger partial charge in [-0.2, -0.15) is 0 Å². The molecule has 1 amide bonds. The summed E-state index contributed by atoms with van der Waals surface area (Å²) in [5, 5.41) is 8.74. The third-order valence-corrected chi connectivity index (χ3v) is 2.50. The van der Waals surface area contributed by atoms with E-state index in [0.29, 0.717) is 19.6 Å². The summed E-state index contributed by atoms with van der Waals surface area (Å²) in [7, 11) is 3.55.